The molecule has 190 valence electrons. The van der Waals surface area contributed by atoms with Crippen LogP contribution in [0, 0.1) is 12.3 Å². The van der Waals surface area contributed by atoms with Crippen molar-refractivity contribution in [3.05, 3.63) is 140 Å². The van der Waals surface area contributed by atoms with Crippen molar-refractivity contribution in [2.45, 2.75) is 24.5 Å². The molecule has 0 N–H and O–H groups in total. The van der Waals surface area contributed by atoms with Gasteiger partial charge >= 0.3 is 0 Å². The molecule has 1 aliphatic heterocycles. The molecule has 6 heteroatoms. The molecule has 0 amide bonds. The lowest BCUT2D eigenvalue weighted by Gasteiger charge is -2.34. The quantitative estimate of drug-likeness (QED) is 0.255. The Bertz CT molecular complexity index is 1680. The second-order valence-electron chi connectivity index (χ2n) is 10.4. The van der Waals surface area contributed by atoms with Crippen molar-refractivity contribution in [3.8, 4) is 0 Å². The van der Waals surface area contributed by atoms with Crippen LogP contribution < -0.4 is 0 Å². The van der Waals surface area contributed by atoms with Gasteiger partial charge in [-0.25, -0.2) is 0 Å². The molecule has 4 aromatic rings. The number of ketones is 4. The first-order valence-corrected chi connectivity index (χ1v) is 13.5. The standard InChI is InChI=1S/C33H21BrO5/c1-18-7-6-8-20(17-18)31-32(27(35)22-9-2-3-10-23(22)28(32)36)26(19-13-15-21(34)16-14-19)33(39-31)29(37)24-11-4-5-12-25(24)30(33)38/h2-17,26,31H,1H3/t26-,31+/m0/s1. The van der Waals surface area contributed by atoms with E-state index in [9.17, 15) is 19.2 Å². The highest BCUT2D eigenvalue weighted by Crippen LogP contribution is 2.67. The summed E-state index contributed by atoms with van der Waals surface area (Å²) in [7, 11) is 0. The molecule has 39 heavy (non-hydrogen) atoms. The summed E-state index contributed by atoms with van der Waals surface area (Å²) in [6, 6.07) is 27.7. The summed E-state index contributed by atoms with van der Waals surface area (Å²) in [5.74, 6) is -3.11. The Labute approximate surface area is 232 Å². The number of halogens is 1. The normalized spacial score (nSPS) is 22.1. The van der Waals surface area contributed by atoms with Gasteiger partial charge < -0.3 is 4.74 Å². The molecule has 3 aliphatic rings. The summed E-state index contributed by atoms with van der Waals surface area (Å²) in [5.41, 5.74) is -0.942. The first-order valence-electron chi connectivity index (χ1n) is 12.7. The van der Waals surface area contributed by atoms with Crippen LogP contribution in [0.2, 0.25) is 0 Å². The number of Topliss-reactive ketones (excluding diaryl/α,β-unsaturated/α-hetero) is 4. The van der Waals surface area contributed by atoms with Crippen LogP contribution in [0.25, 0.3) is 0 Å². The molecule has 2 atom stereocenters. The molecule has 7 rings (SSSR count). The third-order valence-electron chi connectivity index (χ3n) is 8.39. The largest absolute Gasteiger partial charge is 0.348 e. The molecule has 4 aromatic carbocycles. The lowest BCUT2D eigenvalue weighted by Crippen LogP contribution is -2.51. The molecule has 0 radical (unpaired) electrons. The summed E-state index contributed by atoms with van der Waals surface area (Å²) in [6.45, 7) is 1.90. The molecule has 1 fully saturated rings. The number of hydrogen-bond donors (Lipinski definition) is 0. The minimum Gasteiger partial charge on any atom is -0.348 e. The van der Waals surface area contributed by atoms with Gasteiger partial charge in [0.25, 0.3) is 0 Å². The van der Waals surface area contributed by atoms with Gasteiger partial charge in [0.05, 0.1) is 5.92 Å². The maximum atomic E-state index is 14.6. The van der Waals surface area contributed by atoms with Crippen molar-refractivity contribution < 1.29 is 23.9 Å². The number of rotatable bonds is 2. The van der Waals surface area contributed by atoms with Crippen molar-refractivity contribution in [1.29, 1.82) is 0 Å². The van der Waals surface area contributed by atoms with E-state index in [1.54, 1.807) is 78.9 Å². The van der Waals surface area contributed by atoms with E-state index in [1.807, 2.05) is 25.1 Å². The van der Waals surface area contributed by atoms with Crippen molar-refractivity contribution in [3.63, 3.8) is 0 Å². The van der Waals surface area contributed by atoms with E-state index in [2.05, 4.69) is 15.9 Å². The average Bonchev–Trinajstić information content (AvgIpc) is 3.48. The highest BCUT2D eigenvalue weighted by molar-refractivity contribution is 9.10. The predicted octanol–water partition coefficient (Wildman–Crippen LogP) is 6.50. The van der Waals surface area contributed by atoms with E-state index < -0.39 is 46.2 Å². The van der Waals surface area contributed by atoms with Gasteiger partial charge in [0, 0.05) is 26.7 Å². The number of carbonyl (C=O) groups excluding carboxylic acids is 4. The fraction of sp³-hybridized carbons (Fsp3) is 0.152. The topological polar surface area (TPSA) is 77.5 Å². The summed E-state index contributed by atoms with van der Waals surface area (Å²) >= 11 is 3.46. The predicted molar refractivity (Wildman–Crippen MR) is 147 cm³/mol. The number of hydrogen-bond acceptors (Lipinski definition) is 5. The van der Waals surface area contributed by atoms with Crippen LogP contribution in [0.5, 0.6) is 0 Å². The molecule has 1 heterocycles. The fourth-order valence-electron chi connectivity index (χ4n) is 6.82. The van der Waals surface area contributed by atoms with Crippen LogP contribution in [-0.4, -0.2) is 28.7 Å². The van der Waals surface area contributed by atoms with E-state index in [-0.39, 0.29) is 22.3 Å². The Morgan fingerprint density at radius 3 is 1.64 bits per heavy atom. The van der Waals surface area contributed by atoms with E-state index in [4.69, 9.17) is 4.74 Å². The van der Waals surface area contributed by atoms with Gasteiger partial charge in [-0.15, -0.1) is 0 Å². The first kappa shape index (κ1) is 24.1. The average molecular weight is 577 g/mol. The van der Waals surface area contributed by atoms with Gasteiger partial charge in [-0.3, -0.25) is 19.2 Å². The molecule has 0 bridgehead atoms. The second-order valence-corrected chi connectivity index (χ2v) is 11.3. The first-order chi connectivity index (χ1) is 18.8. The number of fused-ring (bicyclic) bond motifs is 2. The van der Waals surface area contributed by atoms with Crippen LogP contribution in [0.1, 0.15) is 70.1 Å². The summed E-state index contributed by atoms with van der Waals surface area (Å²) in [4.78, 5) is 58.0. The van der Waals surface area contributed by atoms with Crippen molar-refractivity contribution >= 4 is 39.1 Å². The minimum atomic E-state index is -2.08. The van der Waals surface area contributed by atoms with E-state index in [0.29, 0.717) is 11.1 Å². The van der Waals surface area contributed by atoms with E-state index in [1.165, 1.54) is 0 Å². The molecule has 0 aromatic heterocycles. The van der Waals surface area contributed by atoms with Crippen molar-refractivity contribution in [2.24, 2.45) is 5.41 Å². The molecule has 5 nitrogen and oxygen atoms in total. The number of benzene rings is 4. The zero-order chi connectivity index (χ0) is 27.1. The van der Waals surface area contributed by atoms with Crippen LogP contribution in [0.3, 0.4) is 0 Å². The third-order valence-corrected chi connectivity index (χ3v) is 8.91. The Morgan fingerprint density at radius 2 is 1.13 bits per heavy atom. The number of ether oxygens (including phenoxy) is 1. The van der Waals surface area contributed by atoms with Crippen LogP contribution >= 0.6 is 15.9 Å². The lowest BCUT2D eigenvalue weighted by atomic mass is 9.60. The summed E-state index contributed by atoms with van der Waals surface area (Å²) < 4.78 is 7.49. The Hall–Kier alpha value is -4.00. The summed E-state index contributed by atoms with van der Waals surface area (Å²) in [6.07, 6.45) is -1.17. The molecule has 0 unspecified atom stereocenters. The molecule has 2 spiro atoms. The molecular formula is C33H21BrO5. The monoisotopic (exact) mass is 576 g/mol. The van der Waals surface area contributed by atoms with Gasteiger partial charge in [-0.05, 0) is 30.2 Å². The molecule has 0 saturated carbocycles. The van der Waals surface area contributed by atoms with Crippen LogP contribution in [0.4, 0.5) is 0 Å². The maximum absolute atomic E-state index is 14.6. The molecule has 2 aliphatic carbocycles. The maximum Gasteiger partial charge on any atom is 0.204 e. The lowest BCUT2D eigenvalue weighted by molar-refractivity contribution is -0.0210. The zero-order valence-electron chi connectivity index (χ0n) is 20.8. The Morgan fingerprint density at radius 1 is 0.615 bits per heavy atom. The minimum absolute atomic E-state index is 0.236. The van der Waals surface area contributed by atoms with Gasteiger partial charge in [-0.1, -0.05) is 106 Å². The second kappa shape index (κ2) is 8.25. The smallest absolute Gasteiger partial charge is 0.204 e. The van der Waals surface area contributed by atoms with Gasteiger partial charge in [0.2, 0.25) is 17.2 Å². The van der Waals surface area contributed by atoms with Crippen molar-refractivity contribution in [2.75, 3.05) is 0 Å². The molecular weight excluding hydrogens is 556 g/mol. The highest BCUT2D eigenvalue weighted by atomic mass is 79.9. The third kappa shape index (κ3) is 2.93. The zero-order valence-corrected chi connectivity index (χ0v) is 22.4. The Balaban J connectivity index is 1.60. The highest BCUT2D eigenvalue weighted by Gasteiger charge is 2.79. The van der Waals surface area contributed by atoms with Crippen molar-refractivity contribution in [1.82, 2.24) is 0 Å². The van der Waals surface area contributed by atoms with Gasteiger partial charge in [-0.2, -0.15) is 0 Å². The number of carbonyl (C=O) groups is 4. The summed E-state index contributed by atoms with van der Waals surface area (Å²) in [5, 5.41) is 0. The number of aryl methyl sites for hydroxylation is 1. The molecule has 1 saturated heterocycles. The van der Waals surface area contributed by atoms with Crippen LogP contribution in [-0.2, 0) is 4.74 Å². The van der Waals surface area contributed by atoms with Gasteiger partial charge in [0.15, 0.2) is 11.6 Å². The van der Waals surface area contributed by atoms with Gasteiger partial charge in [0.1, 0.15) is 11.5 Å². The van der Waals surface area contributed by atoms with E-state index >= 15 is 0 Å². The van der Waals surface area contributed by atoms with E-state index in [0.717, 1.165) is 10.0 Å². The fourth-order valence-corrected chi connectivity index (χ4v) is 7.08. The SMILES string of the molecule is Cc1cccc([C@H]2OC3(C(=O)c4ccccc4C3=O)[C@@H](c3ccc(Br)cc3)C23C(=O)c2ccccc2C3=O)c1. The van der Waals surface area contributed by atoms with Crippen LogP contribution in [0.15, 0.2) is 102 Å². The Kier molecular flexibility index (Phi) is 5.09.